The molecule has 0 bridgehead atoms. The molecule has 3 amide bonds. The highest BCUT2D eigenvalue weighted by atomic mass is 16.2. The summed E-state index contributed by atoms with van der Waals surface area (Å²) in [5.74, 6) is -0.115. The number of fused-ring (bicyclic) bond motifs is 3. The lowest BCUT2D eigenvalue weighted by Crippen LogP contribution is -2.50. The predicted molar refractivity (Wildman–Crippen MR) is 84.3 cm³/mol. The second-order valence-electron chi connectivity index (χ2n) is 5.75. The van der Waals surface area contributed by atoms with Crippen molar-refractivity contribution in [3.8, 4) is 0 Å². The molecule has 4 N–H and O–H groups in total. The van der Waals surface area contributed by atoms with Crippen LogP contribution in [0.3, 0.4) is 0 Å². The van der Waals surface area contributed by atoms with Gasteiger partial charge in [0.1, 0.15) is 6.04 Å². The Morgan fingerprint density at radius 1 is 1.41 bits per heavy atom. The van der Waals surface area contributed by atoms with Crippen LogP contribution in [0.2, 0.25) is 0 Å². The van der Waals surface area contributed by atoms with Crippen molar-refractivity contribution in [2.24, 2.45) is 5.73 Å². The van der Waals surface area contributed by atoms with Crippen LogP contribution in [-0.4, -0.2) is 34.4 Å². The molecule has 2 heterocycles. The number of carbonyl (C=O) groups is 2. The molecule has 0 saturated carbocycles. The molecule has 1 aromatic carbocycles. The summed E-state index contributed by atoms with van der Waals surface area (Å²) in [5, 5.41) is 3.67. The van der Waals surface area contributed by atoms with Crippen LogP contribution in [0.1, 0.15) is 31.1 Å². The number of nitrogens with zero attached hydrogens (tertiary/aromatic N) is 1. The van der Waals surface area contributed by atoms with Gasteiger partial charge in [0.05, 0.1) is 6.04 Å². The second-order valence-corrected chi connectivity index (χ2v) is 5.75. The van der Waals surface area contributed by atoms with Gasteiger partial charge in [-0.2, -0.15) is 0 Å². The highest BCUT2D eigenvalue weighted by Crippen LogP contribution is 2.34. The van der Waals surface area contributed by atoms with E-state index in [4.69, 9.17) is 5.73 Å². The molecule has 0 aliphatic carbocycles. The highest BCUT2D eigenvalue weighted by molar-refractivity contribution is 5.88. The third-order valence-electron chi connectivity index (χ3n) is 4.35. The van der Waals surface area contributed by atoms with Crippen LogP contribution < -0.4 is 11.1 Å². The minimum absolute atomic E-state index is 0.0548. The van der Waals surface area contributed by atoms with Crippen LogP contribution in [0.5, 0.6) is 0 Å². The van der Waals surface area contributed by atoms with Gasteiger partial charge in [-0.3, -0.25) is 4.79 Å². The molecular weight excluding hydrogens is 280 g/mol. The van der Waals surface area contributed by atoms with Crippen molar-refractivity contribution >= 4 is 22.8 Å². The van der Waals surface area contributed by atoms with Crippen molar-refractivity contribution in [2.75, 3.05) is 6.54 Å². The standard InChI is InChI=1S/C16H20N4O2/c1-9(18-16(17)22)15(21)20-8-7-12-11-5-3-4-6-13(11)19-14(12)10(20)2/h3-6,9-10,19H,7-8H2,1-2H3,(H3,17,18,22)/t9-,10+/m0/s1. The Morgan fingerprint density at radius 2 is 2.14 bits per heavy atom. The molecule has 1 aliphatic heterocycles. The minimum Gasteiger partial charge on any atom is -0.356 e. The number of aromatic nitrogens is 1. The molecular formula is C16H20N4O2. The van der Waals surface area contributed by atoms with Gasteiger partial charge in [0.2, 0.25) is 5.91 Å². The summed E-state index contributed by atoms with van der Waals surface area (Å²) < 4.78 is 0. The van der Waals surface area contributed by atoms with E-state index in [1.807, 2.05) is 25.1 Å². The third-order valence-corrected chi connectivity index (χ3v) is 4.35. The molecule has 1 aliphatic rings. The van der Waals surface area contributed by atoms with Gasteiger partial charge in [-0.15, -0.1) is 0 Å². The van der Waals surface area contributed by atoms with E-state index in [2.05, 4.69) is 16.4 Å². The number of amides is 3. The fourth-order valence-corrected chi connectivity index (χ4v) is 3.25. The molecule has 6 heteroatoms. The van der Waals surface area contributed by atoms with Gasteiger partial charge in [-0.25, -0.2) is 4.79 Å². The first-order valence-corrected chi connectivity index (χ1v) is 7.45. The number of nitrogens with one attached hydrogen (secondary N) is 2. The monoisotopic (exact) mass is 300 g/mol. The lowest BCUT2D eigenvalue weighted by molar-refractivity contribution is -0.135. The molecule has 0 unspecified atom stereocenters. The van der Waals surface area contributed by atoms with Crippen LogP contribution in [0.25, 0.3) is 10.9 Å². The zero-order valence-corrected chi connectivity index (χ0v) is 12.7. The van der Waals surface area contributed by atoms with Gasteiger partial charge < -0.3 is 20.9 Å². The minimum atomic E-state index is -0.684. The van der Waals surface area contributed by atoms with Gasteiger partial charge in [0, 0.05) is 23.1 Å². The summed E-state index contributed by atoms with van der Waals surface area (Å²) in [5.41, 5.74) is 8.55. The Bertz CT molecular complexity index is 737. The molecule has 116 valence electrons. The van der Waals surface area contributed by atoms with E-state index in [1.165, 1.54) is 10.9 Å². The lowest BCUT2D eigenvalue weighted by Gasteiger charge is -2.35. The summed E-state index contributed by atoms with van der Waals surface area (Å²) >= 11 is 0. The number of benzene rings is 1. The average molecular weight is 300 g/mol. The van der Waals surface area contributed by atoms with Gasteiger partial charge in [-0.05, 0) is 31.9 Å². The number of hydrogen-bond donors (Lipinski definition) is 3. The van der Waals surface area contributed by atoms with E-state index in [0.717, 1.165) is 17.6 Å². The number of rotatable bonds is 2. The number of urea groups is 1. The van der Waals surface area contributed by atoms with Crippen LogP contribution in [0.15, 0.2) is 24.3 Å². The first-order valence-electron chi connectivity index (χ1n) is 7.45. The van der Waals surface area contributed by atoms with Crippen molar-refractivity contribution < 1.29 is 9.59 Å². The SMILES string of the molecule is C[C@H](NC(N)=O)C(=O)N1CCc2c([nH]c3ccccc23)[C@H]1C. The Morgan fingerprint density at radius 3 is 2.86 bits per heavy atom. The summed E-state index contributed by atoms with van der Waals surface area (Å²) in [6.45, 7) is 4.29. The molecule has 2 atom stereocenters. The van der Waals surface area contributed by atoms with E-state index in [9.17, 15) is 9.59 Å². The van der Waals surface area contributed by atoms with Crippen molar-refractivity contribution in [2.45, 2.75) is 32.4 Å². The average Bonchev–Trinajstić information content (AvgIpc) is 2.86. The van der Waals surface area contributed by atoms with Crippen LogP contribution in [-0.2, 0) is 11.2 Å². The quantitative estimate of drug-likeness (QED) is 0.787. The highest BCUT2D eigenvalue weighted by Gasteiger charge is 2.32. The fourth-order valence-electron chi connectivity index (χ4n) is 3.25. The van der Waals surface area contributed by atoms with E-state index < -0.39 is 12.1 Å². The summed E-state index contributed by atoms with van der Waals surface area (Å²) in [4.78, 5) is 28.7. The molecule has 1 aromatic heterocycles. The van der Waals surface area contributed by atoms with E-state index >= 15 is 0 Å². The molecule has 2 aromatic rings. The molecule has 0 spiro atoms. The van der Waals surface area contributed by atoms with Crippen molar-refractivity contribution in [3.63, 3.8) is 0 Å². The summed E-state index contributed by atoms with van der Waals surface area (Å²) in [6, 6.07) is 6.81. The van der Waals surface area contributed by atoms with Gasteiger partial charge in [0.25, 0.3) is 0 Å². The Balaban J connectivity index is 1.89. The fraction of sp³-hybridized carbons (Fsp3) is 0.375. The number of primary amides is 1. The Kier molecular flexibility index (Phi) is 3.52. The first kappa shape index (κ1) is 14.4. The van der Waals surface area contributed by atoms with Crippen LogP contribution >= 0.6 is 0 Å². The maximum absolute atomic E-state index is 12.5. The Hall–Kier alpha value is -2.50. The van der Waals surface area contributed by atoms with Crippen LogP contribution in [0, 0.1) is 0 Å². The molecule has 0 fully saturated rings. The predicted octanol–water partition coefficient (Wildman–Crippen LogP) is 1.67. The van der Waals surface area contributed by atoms with E-state index in [1.54, 1.807) is 11.8 Å². The number of carbonyl (C=O) groups excluding carboxylic acids is 2. The van der Waals surface area contributed by atoms with Gasteiger partial charge in [-0.1, -0.05) is 18.2 Å². The van der Waals surface area contributed by atoms with Crippen molar-refractivity contribution in [1.29, 1.82) is 0 Å². The summed E-state index contributed by atoms with van der Waals surface area (Å²) in [6.07, 6.45) is 0.804. The van der Waals surface area contributed by atoms with Gasteiger partial charge >= 0.3 is 6.03 Å². The normalized spacial score (nSPS) is 18.8. The zero-order valence-electron chi connectivity index (χ0n) is 12.7. The molecule has 6 nitrogen and oxygen atoms in total. The maximum atomic E-state index is 12.5. The van der Waals surface area contributed by atoms with Crippen LogP contribution in [0.4, 0.5) is 4.79 Å². The van der Waals surface area contributed by atoms with E-state index in [-0.39, 0.29) is 11.9 Å². The van der Waals surface area contributed by atoms with Crippen molar-refractivity contribution in [3.05, 3.63) is 35.5 Å². The maximum Gasteiger partial charge on any atom is 0.312 e. The molecule has 3 rings (SSSR count). The number of H-pyrrole nitrogens is 1. The first-order chi connectivity index (χ1) is 10.5. The Labute approximate surface area is 128 Å². The zero-order chi connectivity index (χ0) is 15.9. The smallest absolute Gasteiger partial charge is 0.312 e. The topological polar surface area (TPSA) is 91.2 Å². The van der Waals surface area contributed by atoms with E-state index in [0.29, 0.717) is 6.54 Å². The van der Waals surface area contributed by atoms with Crippen molar-refractivity contribution in [1.82, 2.24) is 15.2 Å². The number of hydrogen-bond acceptors (Lipinski definition) is 2. The number of aromatic amines is 1. The lowest BCUT2D eigenvalue weighted by atomic mass is 9.97. The molecule has 0 saturated heterocycles. The second kappa shape index (κ2) is 5.36. The largest absolute Gasteiger partial charge is 0.356 e. The molecule has 0 radical (unpaired) electrons. The third kappa shape index (κ3) is 2.30. The summed E-state index contributed by atoms with van der Waals surface area (Å²) in [7, 11) is 0. The molecule has 22 heavy (non-hydrogen) atoms. The number of nitrogens with two attached hydrogens (primary N) is 1. The van der Waals surface area contributed by atoms with Gasteiger partial charge in [0.15, 0.2) is 0 Å². The number of para-hydroxylation sites is 1.